The van der Waals surface area contributed by atoms with Crippen molar-refractivity contribution in [2.75, 3.05) is 0 Å². The summed E-state index contributed by atoms with van der Waals surface area (Å²) in [5.41, 5.74) is 2.12. The number of aromatic nitrogens is 1. The summed E-state index contributed by atoms with van der Waals surface area (Å²) in [7, 11) is 0. The topological polar surface area (TPSA) is 44.9 Å². The Balaban J connectivity index is 2.14. The first kappa shape index (κ1) is 21.9. The molecule has 2 atom stereocenters. The van der Waals surface area contributed by atoms with Crippen LogP contribution in [0.1, 0.15) is 61.8 Å². The van der Waals surface area contributed by atoms with Crippen LogP contribution >= 0.6 is 0 Å². The number of aryl methyl sites for hydroxylation is 1. The number of aromatic amines is 1. The van der Waals surface area contributed by atoms with Gasteiger partial charge in [-0.1, -0.05) is 50.2 Å². The summed E-state index contributed by atoms with van der Waals surface area (Å²) in [6, 6.07) is 11.3. The van der Waals surface area contributed by atoms with Gasteiger partial charge in [0.15, 0.2) is 0 Å². The number of para-hydroxylation sites is 1. The number of rotatable bonds is 7. The van der Waals surface area contributed by atoms with Crippen molar-refractivity contribution < 1.29 is 18.0 Å². The van der Waals surface area contributed by atoms with Crippen LogP contribution in [0.15, 0.2) is 48.7 Å². The number of hydrogen-bond acceptors (Lipinski definition) is 1. The van der Waals surface area contributed by atoms with Crippen molar-refractivity contribution in [1.29, 1.82) is 0 Å². The second kappa shape index (κ2) is 8.94. The maximum absolute atomic E-state index is 13.8. The molecule has 6 heteroatoms. The smallest absolute Gasteiger partial charge is 0.361 e. The van der Waals surface area contributed by atoms with Gasteiger partial charge < -0.3 is 10.3 Å². The molecule has 3 rings (SSSR count). The van der Waals surface area contributed by atoms with E-state index < -0.39 is 17.7 Å². The Morgan fingerprint density at radius 2 is 1.80 bits per heavy atom. The van der Waals surface area contributed by atoms with Crippen LogP contribution in [0.5, 0.6) is 0 Å². The molecule has 0 saturated heterocycles. The van der Waals surface area contributed by atoms with Crippen molar-refractivity contribution in [1.82, 2.24) is 10.3 Å². The van der Waals surface area contributed by atoms with Crippen LogP contribution in [0.25, 0.3) is 10.9 Å². The Hall–Kier alpha value is -2.76. The first-order valence-corrected chi connectivity index (χ1v) is 10.3. The maximum atomic E-state index is 13.8. The normalized spacial score (nSPS) is 13.9. The number of carbonyl (C=O) groups excluding carboxylic acids is 1. The van der Waals surface area contributed by atoms with Gasteiger partial charge in [-0.3, -0.25) is 4.79 Å². The number of fused-ring (bicyclic) bond motifs is 1. The van der Waals surface area contributed by atoms with E-state index in [1.165, 1.54) is 12.1 Å². The Morgan fingerprint density at radius 1 is 1.07 bits per heavy atom. The minimum Gasteiger partial charge on any atom is -0.361 e. The van der Waals surface area contributed by atoms with E-state index in [0.717, 1.165) is 35.4 Å². The zero-order chi connectivity index (χ0) is 21.9. The first-order valence-electron chi connectivity index (χ1n) is 10.3. The largest absolute Gasteiger partial charge is 0.416 e. The lowest BCUT2D eigenvalue weighted by molar-refractivity contribution is -0.138. The fourth-order valence-corrected chi connectivity index (χ4v) is 3.89. The maximum Gasteiger partial charge on any atom is 0.416 e. The highest BCUT2D eigenvalue weighted by Crippen LogP contribution is 2.41. The number of nitrogens with one attached hydrogen (secondary N) is 2. The zero-order valence-corrected chi connectivity index (χ0v) is 17.4. The summed E-state index contributed by atoms with van der Waals surface area (Å²) in [6.07, 6.45) is -1.25. The van der Waals surface area contributed by atoms with Crippen LogP contribution < -0.4 is 5.32 Å². The van der Waals surface area contributed by atoms with Gasteiger partial charge in [-0.15, -0.1) is 0 Å². The van der Waals surface area contributed by atoms with E-state index in [1.54, 1.807) is 12.3 Å². The molecule has 3 aromatic rings. The predicted molar refractivity (Wildman–Crippen MR) is 113 cm³/mol. The summed E-state index contributed by atoms with van der Waals surface area (Å²) in [5, 5.41) is 3.74. The van der Waals surface area contributed by atoms with E-state index in [1.807, 2.05) is 39.0 Å². The van der Waals surface area contributed by atoms with E-state index in [-0.39, 0.29) is 23.9 Å². The third-order valence-corrected chi connectivity index (χ3v) is 5.64. The fraction of sp³-hybridized carbons (Fsp3) is 0.375. The molecule has 30 heavy (non-hydrogen) atoms. The van der Waals surface area contributed by atoms with E-state index in [9.17, 15) is 18.0 Å². The van der Waals surface area contributed by atoms with Gasteiger partial charge >= 0.3 is 6.18 Å². The molecule has 0 fully saturated rings. The van der Waals surface area contributed by atoms with Crippen LogP contribution in [0.4, 0.5) is 13.2 Å². The van der Waals surface area contributed by atoms with Crippen molar-refractivity contribution in [3.63, 3.8) is 0 Å². The van der Waals surface area contributed by atoms with Gasteiger partial charge in [0.1, 0.15) is 0 Å². The minimum atomic E-state index is -4.50. The van der Waals surface area contributed by atoms with Gasteiger partial charge in [-0.2, -0.15) is 13.2 Å². The molecule has 2 aromatic carbocycles. The van der Waals surface area contributed by atoms with Crippen LogP contribution in [-0.2, 0) is 17.4 Å². The number of amides is 1. The number of carbonyl (C=O) groups is 1. The van der Waals surface area contributed by atoms with Gasteiger partial charge in [0.05, 0.1) is 5.56 Å². The number of H-pyrrole nitrogens is 1. The number of benzene rings is 2. The molecule has 0 bridgehead atoms. The van der Waals surface area contributed by atoms with E-state index >= 15 is 0 Å². The standard InChI is InChI=1S/C24H27F3N2O/c1-4-15(3)29-22(30)13-19(17-10-6-7-12-21(17)24(25,26)27)20-14-28-23-16(5-2)9-8-11-18(20)23/h6-12,14-15,19,28H,4-5,13H2,1-3H3,(H,29,30)/t15-,19+/m0/s1. The monoisotopic (exact) mass is 416 g/mol. The highest BCUT2D eigenvalue weighted by atomic mass is 19.4. The van der Waals surface area contributed by atoms with Gasteiger partial charge in [0, 0.05) is 35.5 Å². The molecule has 160 valence electrons. The lowest BCUT2D eigenvalue weighted by Crippen LogP contribution is -2.33. The summed E-state index contributed by atoms with van der Waals surface area (Å²) < 4.78 is 41.3. The molecule has 0 aliphatic carbocycles. The Morgan fingerprint density at radius 3 is 2.47 bits per heavy atom. The number of halogens is 3. The summed E-state index contributed by atoms with van der Waals surface area (Å²) in [5.74, 6) is -0.972. The third kappa shape index (κ3) is 4.53. The average Bonchev–Trinajstić information content (AvgIpc) is 3.15. The van der Waals surface area contributed by atoms with Crippen molar-refractivity contribution in [3.05, 3.63) is 70.9 Å². The summed E-state index contributed by atoms with van der Waals surface area (Å²) in [6.45, 7) is 5.87. The first-order chi connectivity index (χ1) is 14.3. The van der Waals surface area contributed by atoms with Gasteiger partial charge in [0.2, 0.25) is 5.91 Å². The Kier molecular flexibility index (Phi) is 6.54. The van der Waals surface area contributed by atoms with Gasteiger partial charge in [0.25, 0.3) is 0 Å². The van der Waals surface area contributed by atoms with Gasteiger partial charge in [-0.25, -0.2) is 0 Å². The SMILES string of the molecule is CCc1cccc2c([C@H](CC(=O)N[C@@H](C)CC)c3ccccc3C(F)(F)F)c[nH]c12. The molecule has 0 aliphatic heterocycles. The molecular formula is C24H27F3N2O. The van der Waals surface area contributed by atoms with Crippen molar-refractivity contribution in [2.45, 2.75) is 58.2 Å². The number of hydrogen-bond donors (Lipinski definition) is 2. The predicted octanol–water partition coefficient (Wildman–Crippen LogP) is 6.19. The van der Waals surface area contributed by atoms with Crippen LogP contribution in [-0.4, -0.2) is 16.9 Å². The number of alkyl halides is 3. The molecule has 1 amide bonds. The third-order valence-electron chi connectivity index (χ3n) is 5.64. The highest BCUT2D eigenvalue weighted by Gasteiger charge is 2.36. The Labute approximate surface area is 174 Å². The molecule has 1 aromatic heterocycles. The van der Waals surface area contributed by atoms with E-state index in [4.69, 9.17) is 0 Å². The highest BCUT2D eigenvalue weighted by molar-refractivity contribution is 5.88. The molecule has 0 saturated carbocycles. The Bertz CT molecular complexity index is 1020. The zero-order valence-electron chi connectivity index (χ0n) is 17.4. The van der Waals surface area contributed by atoms with Crippen molar-refractivity contribution >= 4 is 16.8 Å². The van der Waals surface area contributed by atoms with Crippen molar-refractivity contribution in [2.24, 2.45) is 0 Å². The molecule has 0 aliphatic rings. The van der Waals surface area contributed by atoms with E-state index in [0.29, 0.717) is 5.56 Å². The lowest BCUT2D eigenvalue weighted by Gasteiger charge is -2.22. The molecule has 0 radical (unpaired) electrons. The van der Waals surface area contributed by atoms with E-state index in [2.05, 4.69) is 10.3 Å². The molecule has 1 heterocycles. The molecule has 0 unspecified atom stereocenters. The summed E-state index contributed by atoms with van der Waals surface area (Å²) >= 11 is 0. The molecule has 0 spiro atoms. The fourth-order valence-electron chi connectivity index (χ4n) is 3.89. The molecular weight excluding hydrogens is 389 g/mol. The quantitative estimate of drug-likeness (QED) is 0.474. The molecule has 2 N–H and O–H groups in total. The summed E-state index contributed by atoms with van der Waals surface area (Å²) in [4.78, 5) is 15.9. The lowest BCUT2D eigenvalue weighted by atomic mass is 9.84. The van der Waals surface area contributed by atoms with Crippen molar-refractivity contribution in [3.8, 4) is 0 Å². The van der Waals surface area contributed by atoms with Gasteiger partial charge in [-0.05, 0) is 42.5 Å². The second-order valence-electron chi connectivity index (χ2n) is 7.66. The second-order valence-corrected chi connectivity index (χ2v) is 7.66. The minimum absolute atomic E-state index is 0.0364. The van der Waals surface area contributed by atoms with Crippen LogP contribution in [0, 0.1) is 0 Å². The molecule has 3 nitrogen and oxygen atoms in total. The average molecular weight is 416 g/mol. The van der Waals surface area contributed by atoms with Crippen LogP contribution in [0.2, 0.25) is 0 Å². The van der Waals surface area contributed by atoms with Crippen LogP contribution in [0.3, 0.4) is 0 Å².